The van der Waals surface area contributed by atoms with Gasteiger partial charge in [0, 0.05) is 0 Å². The summed E-state index contributed by atoms with van der Waals surface area (Å²) >= 11 is 0. The number of aliphatic hydroxyl groups is 1. The van der Waals surface area contributed by atoms with Crippen LogP contribution in [0.15, 0.2) is 0 Å². The van der Waals surface area contributed by atoms with Crippen LogP contribution in [0, 0.1) is 6.10 Å². The number of hydrogen-bond donors (Lipinski definition) is 1. The van der Waals surface area contributed by atoms with E-state index in [4.69, 9.17) is 5.11 Å². The molecule has 0 bridgehead atoms. The van der Waals surface area contributed by atoms with Crippen molar-refractivity contribution in [1.29, 1.82) is 0 Å². The molecule has 0 spiro atoms. The molecule has 73 valence electrons. The second-order valence-corrected chi connectivity index (χ2v) is 2.76. The summed E-state index contributed by atoms with van der Waals surface area (Å²) in [6.45, 7) is 1.98. The maximum atomic E-state index is 11.7. The van der Waals surface area contributed by atoms with Crippen molar-refractivity contribution >= 4 is 0 Å². The lowest BCUT2D eigenvalue weighted by atomic mass is 10.1. The molecule has 0 rings (SSSR count). The molecule has 1 nitrogen and oxygen atoms in total. The first-order valence-corrected chi connectivity index (χ1v) is 4.10. The molecule has 1 N–H and O–H groups in total. The van der Waals surface area contributed by atoms with Crippen LogP contribution in [0.5, 0.6) is 0 Å². The minimum atomic E-state index is -4.52. The Kier molecular flexibility index (Phi) is 5.29. The summed E-state index contributed by atoms with van der Waals surface area (Å²) in [4.78, 5) is 0. The van der Waals surface area contributed by atoms with Gasteiger partial charge in [-0.2, -0.15) is 13.2 Å². The average molecular weight is 183 g/mol. The fourth-order valence-corrected chi connectivity index (χ4v) is 0.861. The number of hydrogen-bond acceptors (Lipinski definition) is 1. The van der Waals surface area contributed by atoms with Crippen LogP contribution in [0.4, 0.5) is 13.2 Å². The number of alkyl halides is 3. The maximum Gasteiger partial charge on any atom is 0.420 e. The predicted octanol–water partition coefficient (Wildman–Crippen LogP) is 3.42. The van der Waals surface area contributed by atoms with Gasteiger partial charge >= 0.3 is 6.18 Å². The van der Waals surface area contributed by atoms with Gasteiger partial charge in [-0.3, -0.25) is 0 Å². The minimum Gasteiger partial charge on any atom is -0.378 e. The summed E-state index contributed by atoms with van der Waals surface area (Å²) < 4.78 is 35.0. The highest BCUT2D eigenvalue weighted by Gasteiger charge is 2.38. The minimum absolute atomic E-state index is 0.247. The zero-order valence-electron chi connectivity index (χ0n) is 7.12. The highest BCUT2D eigenvalue weighted by atomic mass is 19.4. The Hall–Kier alpha value is -0.250. The lowest BCUT2D eigenvalue weighted by molar-refractivity contribution is -0.156. The molecule has 0 aliphatic rings. The zero-order valence-corrected chi connectivity index (χ0v) is 7.12. The van der Waals surface area contributed by atoms with Crippen LogP contribution < -0.4 is 0 Å². The second-order valence-electron chi connectivity index (χ2n) is 2.76. The van der Waals surface area contributed by atoms with Crippen LogP contribution in [0.3, 0.4) is 0 Å². The Morgan fingerprint density at radius 3 is 2.17 bits per heavy atom. The van der Waals surface area contributed by atoms with Gasteiger partial charge in [-0.1, -0.05) is 32.6 Å². The van der Waals surface area contributed by atoms with Crippen molar-refractivity contribution < 1.29 is 18.3 Å². The van der Waals surface area contributed by atoms with Crippen LogP contribution >= 0.6 is 0 Å². The number of aliphatic hydroxyl groups excluding tert-OH is 1. The van der Waals surface area contributed by atoms with Crippen molar-refractivity contribution in [3.63, 3.8) is 0 Å². The normalized spacial score (nSPS) is 12.5. The quantitative estimate of drug-likeness (QED) is 0.647. The van der Waals surface area contributed by atoms with E-state index in [2.05, 4.69) is 0 Å². The first kappa shape index (κ1) is 11.8. The molecule has 0 aromatic rings. The van der Waals surface area contributed by atoms with Crippen molar-refractivity contribution in [1.82, 2.24) is 0 Å². The molecule has 0 saturated heterocycles. The zero-order chi connectivity index (χ0) is 9.61. The molecule has 0 fully saturated rings. The monoisotopic (exact) mass is 183 g/mol. The van der Waals surface area contributed by atoms with E-state index >= 15 is 0 Å². The van der Waals surface area contributed by atoms with E-state index in [1.165, 1.54) is 0 Å². The van der Waals surface area contributed by atoms with Gasteiger partial charge in [0.2, 0.25) is 0 Å². The van der Waals surface area contributed by atoms with E-state index in [0.29, 0.717) is 6.42 Å². The molecule has 0 unspecified atom stereocenters. The maximum absolute atomic E-state index is 11.7. The summed E-state index contributed by atoms with van der Waals surface area (Å²) in [7, 11) is 0. The van der Waals surface area contributed by atoms with Gasteiger partial charge in [-0.15, -0.1) is 0 Å². The first-order valence-electron chi connectivity index (χ1n) is 4.10. The summed E-state index contributed by atoms with van der Waals surface area (Å²) in [5, 5.41) is 8.48. The Balaban J connectivity index is 3.38. The van der Waals surface area contributed by atoms with E-state index in [-0.39, 0.29) is 6.42 Å². The van der Waals surface area contributed by atoms with Crippen molar-refractivity contribution in [2.24, 2.45) is 0 Å². The Bertz CT molecular complexity index is 111. The fourth-order valence-electron chi connectivity index (χ4n) is 0.861. The second kappa shape index (κ2) is 5.41. The average Bonchev–Trinajstić information content (AvgIpc) is 1.96. The van der Waals surface area contributed by atoms with Gasteiger partial charge in [-0.05, 0) is 6.42 Å². The van der Waals surface area contributed by atoms with Gasteiger partial charge in [-0.25, -0.2) is 0 Å². The molecule has 0 heterocycles. The van der Waals surface area contributed by atoms with Crippen molar-refractivity contribution in [2.75, 3.05) is 0 Å². The Labute approximate surface area is 70.6 Å². The summed E-state index contributed by atoms with van der Waals surface area (Å²) in [6, 6.07) is 0. The van der Waals surface area contributed by atoms with E-state index in [1.807, 2.05) is 6.92 Å². The molecular formula is C8H14F3O. The van der Waals surface area contributed by atoms with Gasteiger partial charge in [0.1, 0.15) is 0 Å². The van der Waals surface area contributed by atoms with Gasteiger partial charge in [0.25, 0.3) is 0 Å². The molecule has 4 heteroatoms. The Morgan fingerprint density at radius 2 is 1.75 bits per heavy atom. The SMILES string of the molecule is CCCCCC[C](O)C(F)(F)F. The third-order valence-corrected chi connectivity index (χ3v) is 1.59. The molecule has 0 aromatic heterocycles. The lowest BCUT2D eigenvalue weighted by Crippen LogP contribution is -2.19. The molecule has 1 radical (unpaired) electrons. The van der Waals surface area contributed by atoms with E-state index < -0.39 is 12.3 Å². The van der Waals surface area contributed by atoms with Crippen LogP contribution in [0.2, 0.25) is 0 Å². The van der Waals surface area contributed by atoms with Crippen molar-refractivity contribution in [2.45, 2.75) is 45.2 Å². The number of halogens is 3. The van der Waals surface area contributed by atoms with E-state index in [0.717, 1.165) is 19.3 Å². The third-order valence-electron chi connectivity index (χ3n) is 1.59. The standard InChI is InChI=1S/C8H14F3O/c1-2-3-4-5-6-7(12)8(9,10)11/h12H,2-6H2,1H3. The fraction of sp³-hybridized carbons (Fsp3) is 0.875. The summed E-state index contributed by atoms with van der Waals surface area (Å²) in [6.07, 6.45) is -3.05. The largest absolute Gasteiger partial charge is 0.420 e. The molecule has 0 aromatic carbocycles. The van der Waals surface area contributed by atoms with Crippen LogP contribution in [-0.4, -0.2) is 11.3 Å². The van der Waals surface area contributed by atoms with E-state index in [9.17, 15) is 13.2 Å². The summed E-state index contributed by atoms with van der Waals surface area (Å²) in [5.41, 5.74) is 0. The number of unbranched alkanes of at least 4 members (excludes halogenated alkanes) is 3. The lowest BCUT2D eigenvalue weighted by Gasteiger charge is -2.12. The molecule has 0 saturated carbocycles. The van der Waals surface area contributed by atoms with Gasteiger partial charge in [0.05, 0.1) is 0 Å². The van der Waals surface area contributed by atoms with Crippen molar-refractivity contribution in [3.8, 4) is 0 Å². The molecule has 0 amide bonds. The van der Waals surface area contributed by atoms with Crippen molar-refractivity contribution in [3.05, 3.63) is 6.10 Å². The molecular weight excluding hydrogens is 169 g/mol. The van der Waals surface area contributed by atoms with Gasteiger partial charge in [0.15, 0.2) is 6.10 Å². The topological polar surface area (TPSA) is 20.2 Å². The van der Waals surface area contributed by atoms with Crippen LogP contribution in [0.25, 0.3) is 0 Å². The van der Waals surface area contributed by atoms with Crippen LogP contribution in [-0.2, 0) is 0 Å². The predicted molar refractivity (Wildman–Crippen MR) is 40.0 cm³/mol. The molecule has 0 aliphatic carbocycles. The summed E-state index contributed by atoms with van der Waals surface area (Å²) in [5.74, 6) is 0. The smallest absolute Gasteiger partial charge is 0.378 e. The molecule has 0 atom stereocenters. The molecule has 12 heavy (non-hydrogen) atoms. The third kappa shape index (κ3) is 5.41. The highest BCUT2D eigenvalue weighted by Crippen LogP contribution is 2.29. The van der Waals surface area contributed by atoms with E-state index in [1.54, 1.807) is 0 Å². The highest BCUT2D eigenvalue weighted by molar-refractivity contribution is 4.84. The number of rotatable bonds is 5. The van der Waals surface area contributed by atoms with Gasteiger partial charge < -0.3 is 5.11 Å². The van der Waals surface area contributed by atoms with Crippen LogP contribution in [0.1, 0.15) is 39.0 Å². The molecule has 0 aliphatic heterocycles. The Morgan fingerprint density at radius 1 is 1.17 bits per heavy atom. The first-order chi connectivity index (χ1) is 5.48.